The number of rotatable bonds is 8. The highest BCUT2D eigenvalue weighted by molar-refractivity contribution is 7.91. The van der Waals surface area contributed by atoms with Crippen LogP contribution in [-0.2, 0) is 27.2 Å². The minimum Gasteiger partial charge on any atom is -0.302 e. The zero-order valence-electron chi connectivity index (χ0n) is 15.4. The number of sulfone groups is 1. The van der Waals surface area contributed by atoms with Crippen molar-refractivity contribution in [2.75, 3.05) is 16.8 Å². The van der Waals surface area contributed by atoms with Gasteiger partial charge in [0, 0.05) is 23.9 Å². The maximum absolute atomic E-state index is 12.8. The standard InChI is InChI=1S/C18H21F3N2O3S2/c1-12(2)11-28(25,26)7-6-16(24)23-17-22-10-15(27-17)9-13-4-3-5-14(8-13)18(19,20)21/h3-5,8,10,12H,6-7,9,11H2,1-2H3,(H,22,23,24). The molecule has 0 atom stereocenters. The second-order valence-corrected chi connectivity index (χ2v) is 10.2. The van der Waals surface area contributed by atoms with Crippen molar-refractivity contribution in [3.8, 4) is 0 Å². The Balaban J connectivity index is 1.93. The van der Waals surface area contributed by atoms with E-state index in [9.17, 15) is 26.4 Å². The molecule has 154 valence electrons. The van der Waals surface area contributed by atoms with Crippen LogP contribution in [0.25, 0.3) is 0 Å². The Labute approximate surface area is 165 Å². The number of halogens is 3. The van der Waals surface area contributed by atoms with E-state index in [-0.39, 0.29) is 35.4 Å². The molecule has 0 aliphatic heterocycles. The fraction of sp³-hybridized carbons (Fsp3) is 0.444. The van der Waals surface area contributed by atoms with Gasteiger partial charge in [-0.3, -0.25) is 4.79 Å². The topological polar surface area (TPSA) is 76.1 Å². The van der Waals surface area contributed by atoms with Crippen LogP contribution in [0.15, 0.2) is 30.5 Å². The van der Waals surface area contributed by atoms with Gasteiger partial charge in [0.15, 0.2) is 15.0 Å². The molecule has 0 saturated carbocycles. The number of alkyl halides is 3. The Morgan fingerprint density at radius 3 is 2.64 bits per heavy atom. The molecule has 2 aromatic rings. The molecule has 0 saturated heterocycles. The van der Waals surface area contributed by atoms with Gasteiger partial charge in [-0.1, -0.05) is 32.0 Å². The average molecular weight is 435 g/mol. The van der Waals surface area contributed by atoms with Crippen LogP contribution >= 0.6 is 11.3 Å². The Kier molecular flexibility index (Phi) is 7.22. The fourth-order valence-corrected chi connectivity index (χ4v) is 5.07. The summed E-state index contributed by atoms with van der Waals surface area (Å²) in [5, 5.41) is 2.82. The Morgan fingerprint density at radius 2 is 2.00 bits per heavy atom. The molecule has 1 aromatic heterocycles. The highest BCUT2D eigenvalue weighted by atomic mass is 32.2. The minimum atomic E-state index is -4.40. The molecule has 2 rings (SSSR count). The first-order valence-corrected chi connectivity index (χ1v) is 11.2. The number of carbonyl (C=O) groups is 1. The summed E-state index contributed by atoms with van der Waals surface area (Å²) in [5.41, 5.74) is -0.234. The van der Waals surface area contributed by atoms with Crippen LogP contribution in [0, 0.1) is 5.92 Å². The summed E-state index contributed by atoms with van der Waals surface area (Å²) < 4.78 is 62.0. The smallest absolute Gasteiger partial charge is 0.302 e. The van der Waals surface area contributed by atoms with Gasteiger partial charge < -0.3 is 5.32 Å². The van der Waals surface area contributed by atoms with Gasteiger partial charge >= 0.3 is 6.18 Å². The number of hydrogen-bond donors (Lipinski definition) is 1. The minimum absolute atomic E-state index is 0.00886. The molecule has 0 fully saturated rings. The molecule has 5 nitrogen and oxygen atoms in total. The van der Waals surface area contributed by atoms with E-state index < -0.39 is 27.5 Å². The lowest BCUT2D eigenvalue weighted by molar-refractivity contribution is -0.137. The quantitative estimate of drug-likeness (QED) is 0.677. The molecule has 0 unspecified atom stereocenters. The summed E-state index contributed by atoms with van der Waals surface area (Å²) in [4.78, 5) is 16.6. The number of benzene rings is 1. The molecule has 0 aliphatic carbocycles. The third-order valence-corrected chi connectivity index (χ3v) is 6.57. The molecule has 28 heavy (non-hydrogen) atoms. The van der Waals surface area contributed by atoms with Crippen molar-refractivity contribution in [3.05, 3.63) is 46.5 Å². The number of carbonyl (C=O) groups excluding carboxylic acids is 1. The summed E-state index contributed by atoms with van der Waals surface area (Å²) in [5.74, 6) is -0.684. The molecule has 0 spiro atoms. The first kappa shape index (κ1) is 22.4. The molecular formula is C18H21F3N2O3S2. The summed E-state index contributed by atoms with van der Waals surface area (Å²) in [6.07, 6.45) is -2.84. The van der Waals surface area contributed by atoms with Gasteiger partial charge in [-0.2, -0.15) is 13.2 Å². The van der Waals surface area contributed by atoms with Crippen molar-refractivity contribution in [1.29, 1.82) is 0 Å². The van der Waals surface area contributed by atoms with Gasteiger partial charge in [-0.05, 0) is 17.5 Å². The number of aromatic nitrogens is 1. The van der Waals surface area contributed by atoms with Crippen molar-refractivity contribution in [3.63, 3.8) is 0 Å². The van der Waals surface area contributed by atoms with Crippen molar-refractivity contribution >= 4 is 32.2 Å². The Bertz CT molecular complexity index is 922. The second-order valence-electron chi connectivity index (χ2n) is 6.81. The van der Waals surface area contributed by atoms with E-state index in [4.69, 9.17) is 0 Å². The highest BCUT2D eigenvalue weighted by Crippen LogP contribution is 2.30. The van der Waals surface area contributed by atoms with Gasteiger partial charge in [-0.25, -0.2) is 13.4 Å². The monoisotopic (exact) mass is 434 g/mol. The first-order chi connectivity index (χ1) is 12.9. The van der Waals surface area contributed by atoms with E-state index in [1.807, 2.05) is 0 Å². The molecule has 1 aromatic carbocycles. The van der Waals surface area contributed by atoms with Crippen molar-refractivity contribution in [2.24, 2.45) is 5.92 Å². The van der Waals surface area contributed by atoms with E-state index in [1.165, 1.54) is 12.3 Å². The SMILES string of the molecule is CC(C)CS(=O)(=O)CCC(=O)Nc1ncc(Cc2cccc(C(F)(F)F)c2)s1. The first-order valence-electron chi connectivity index (χ1n) is 8.56. The van der Waals surface area contributed by atoms with Gasteiger partial charge in [0.25, 0.3) is 0 Å². The molecule has 10 heteroatoms. The fourth-order valence-electron chi connectivity index (χ4n) is 2.53. The summed E-state index contributed by atoms with van der Waals surface area (Å²) >= 11 is 1.14. The van der Waals surface area contributed by atoms with Crippen molar-refractivity contribution < 1.29 is 26.4 Å². The Hall–Kier alpha value is -1.94. The molecule has 1 amide bonds. The van der Waals surface area contributed by atoms with E-state index in [0.29, 0.717) is 10.4 Å². The van der Waals surface area contributed by atoms with E-state index in [2.05, 4.69) is 10.3 Å². The number of anilines is 1. The van der Waals surface area contributed by atoms with Crippen LogP contribution in [-0.4, -0.2) is 30.8 Å². The zero-order valence-corrected chi connectivity index (χ0v) is 17.0. The van der Waals surface area contributed by atoms with Crippen molar-refractivity contribution in [1.82, 2.24) is 4.98 Å². The maximum atomic E-state index is 12.8. The lowest BCUT2D eigenvalue weighted by Gasteiger charge is -2.08. The van der Waals surface area contributed by atoms with Crippen LogP contribution in [0.3, 0.4) is 0 Å². The second kappa shape index (κ2) is 9.04. The number of nitrogens with one attached hydrogen (secondary N) is 1. The molecule has 1 N–H and O–H groups in total. The van der Waals surface area contributed by atoms with Crippen molar-refractivity contribution in [2.45, 2.75) is 32.9 Å². The predicted octanol–water partition coefficient (Wildman–Crippen LogP) is 4.15. The molecular weight excluding hydrogens is 413 g/mol. The highest BCUT2D eigenvalue weighted by Gasteiger charge is 2.30. The summed E-state index contributed by atoms with van der Waals surface area (Å²) in [7, 11) is -3.29. The average Bonchev–Trinajstić information content (AvgIpc) is 2.98. The molecule has 0 bridgehead atoms. The normalized spacial score (nSPS) is 12.4. The number of thiazole rings is 1. The number of hydrogen-bond acceptors (Lipinski definition) is 5. The van der Waals surface area contributed by atoms with Crippen LogP contribution in [0.5, 0.6) is 0 Å². The van der Waals surface area contributed by atoms with E-state index in [1.54, 1.807) is 19.9 Å². The van der Waals surface area contributed by atoms with Crippen LogP contribution in [0.4, 0.5) is 18.3 Å². The predicted molar refractivity (Wildman–Crippen MR) is 103 cm³/mol. The van der Waals surface area contributed by atoms with E-state index in [0.717, 1.165) is 23.5 Å². The van der Waals surface area contributed by atoms with Crippen LogP contribution in [0.2, 0.25) is 0 Å². The van der Waals surface area contributed by atoms with E-state index >= 15 is 0 Å². The summed E-state index contributed by atoms with van der Waals surface area (Å²) in [6, 6.07) is 5.03. The maximum Gasteiger partial charge on any atom is 0.416 e. The molecule has 1 heterocycles. The number of nitrogens with zero attached hydrogens (tertiary/aromatic N) is 1. The van der Waals surface area contributed by atoms with Gasteiger partial charge in [0.2, 0.25) is 5.91 Å². The third-order valence-electron chi connectivity index (χ3n) is 3.66. The van der Waals surface area contributed by atoms with Crippen LogP contribution in [0.1, 0.15) is 36.3 Å². The molecule has 0 radical (unpaired) electrons. The number of amides is 1. The largest absolute Gasteiger partial charge is 0.416 e. The van der Waals surface area contributed by atoms with Crippen LogP contribution < -0.4 is 5.32 Å². The van der Waals surface area contributed by atoms with Gasteiger partial charge in [0.05, 0.1) is 17.1 Å². The Morgan fingerprint density at radius 1 is 1.29 bits per heavy atom. The lowest BCUT2D eigenvalue weighted by atomic mass is 10.1. The zero-order chi connectivity index (χ0) is 20.9. The summed E-state index contributed by atoms with van der Waals surface area (Å²) in [6.45, 7) is 3.58. The molecule has 0 aliphatic rings. The lowest BCUT2D eigenvalue weighted by Crippen LogP contribution is -2.20. The third kappa shape index (κ3) is 7.23. The van der Waals surface area contributed by atoms with Gasteiger partial charge in [0.1, 0.15) is 0 Å². The van der Waals surface area contributed by atoms with Gasteiger partial charge in [-0.15, -0.1) is 11.3 Å².